The van der Waals surface area contributed by atoms with Gasteiger partial charge in [0.2, 0.25) is 0 Å². The average molecular weight is 383 g/mol. The van der Waals surface area contributed by atoms with Crippen molar-refractivity contribution in [2.24, 2.45) is 5.92 Å². The van der Waals surface area contributed by atoms with Gasteiger partial charge in [0, 0.05) is 26.3 Å². The number of rotatable bonds is 7. The standard InChI is InChI=1S/C23H30N2O3/c1-4-28-21-13-9-18(10-14-21)22(17-7-11-20(12-8-17)24(2)3)25-15-5-6-19(16-25)23(26)27/h7-14,19,22H,4-6,15-16H2,1-3H3,(H,26,27). The summed E-state index contributed by atoms with van der Waals surface area (Å²) in [6.45, 7) is 4.09. The molecule has 150 valence electrons. The van der Waals surface area contributed by atoms with Crippen molar-refractivity contribution >= 4 is 11.7 Å². The molecule has 0 radical (unpaired) electrons. The minimum Gasteiger partial charge on any atom is -0.494 e. The summed E-state index contributed by atoms with van der Waals surface area (Å²) in [6.07, 6.45) is 1.65. The maximum Gasteiger partial charge on any atom is 0.307 e. The number of carboxylic acid groups (broad SMARTS) is 1. The number of ether oxygens (including phenoxy) is 1. The lowest BCUT2D eigenvalue weighted by molar-refractivity contribution is -0.143. The van der Waals surface area contributed by atoms with Gasteiger partial charge in [-0.3, -0.25) is 9.69 Å². The highest BCUT2D eigenvalue weighted by atomic mass is 16.5. The average Bonchev–Trinajstić information content (AvgIpc) is 2.70. The van der Waals surface area contributed by atoms with E-state index in [0.29, 0.717) is 13.2 Å². The number of aliphatic carboxylic acids is 1. The number of carbonyl (C=O) groups is 1. The Morgan fingerprint density at radius 2 is 1.75 bits per heavy atom. The van der Waals surface area contributed by atoms with Gasteiger partial charge < -0.3 is 14.7 Å². The molecule has 0 aliphatic carbocycles. The van der Waals surface area contributed by atoms with E-state index < -0.39 is 5.97 Å². The van der Waals surface area contributed by atoms with E-state index in [2.05, 4.69) is 46.2 Å². The maximum atomic E-state index is 11.6. The Kier molecular flexibility index (Phi) is 6.57. The molecule has 0 aromatic heterocycles. The van der Waals surface area contributed by atoms with Crippen LogP contribution in [0.2, 0.25) is 0 Å². The molecule has 3 rings (SSSR count). The van der Waals surface area contributed by atoms with Crippen molar-refractivity contribution in [3.8, 4) is 5.75 Å². The lowest BCUT2D eigenvalue weighted by Gasteiger charge is -2.37. The largest absolute Gasteiger partial charge is 0.494 e. The molecule has 1 N–H and O–H groups in total. The first-order valence-electron chi connectivity index (χ1n) is 9.96. The zero-order valence-electron chi connectivity index (χ0n) is 17.0. The molecular weight excluding hydrogens is 352 g/mol. The van der Waals surface area contributed by atoms with Crippen LogP contribution in [0.5, 0.6) is 5.75 Å². The van der Waals surface area contributed by atoms with E-state index in [-0.39, 0.29) is 12.0 Å². The maximum absolute atomic E-state index is 11.6. The van der Waals surface area contributed by atoms with Crippen LogP contribution >= 0.6 is 0 Å². The fraction of sp³-hybridized carbons (Fsp3) is 0.435. The third-order valence-corrected chi connectivity index (χ3v) is 5.40. The van der Waals surface area contributed by atoms with Crippen LogP contribution in [0.1, 0.15) is 36.9 Å². The second kappa shape index (κ2) is 9.11. The van der Waals surface area contributed by atoms with Crippen molar-refractivity contribution in [1.82, 2.24) is 4.90 Å². The topological polar surface area (TPSA) is 53.0 Å². The van der Waals surface area contributed by atoms with Crippen LogP contribution in [-0.4, -0.2) is 49.8 Å². The Morgan fingerprint density at radius 1 is 1.14 bits per heavy atom. The number of hydrogen-bond acceptors (Lipinski definition) is 4. The molecule has 0 bridgehead atoms. The molecule has 2 aromatic carbocycles. The van der Waals surface area contributed by atoms with Crippen molar-refractivity contribution in [1.29, 1.82) is 0 Å². The van der Waals surface area contributed by atoms with E-state index in [9.17, 15) is 9.90 Å². The number of anilines is 1. The van der Waals surface area contributed by atoms with Crippen LogP contribution in [0.4, 0.5) is 5.69 Å². The first-order valence-corrected chi connectivity index (χ1v) is 9.96. The highest BCUT2D eigenvalue weighted by Gasteiger charge is 2.31. The molecule has 2 aromatic rings. The van der Waals surface area contributed by atoms with Gasteiger partial charge in [-0.05, 0) is 61.7 Å². The van der Waals surface area contributed by atoms with Crippen molar-refractivity contribution < 1.29 is 14.6 Å². The van der Waals surface area contributed by atoms with Gasteiger partial charge in [-0.1, -0.05) is 24.3 Å². The molecule has 28 heavy (non-hydrogen) atoms. The van der Waals surface area contributed by atoms with Gasteiger partial charge in [-0.15, -0.1) is 0 Å². The Morgan fingerprint density at radius 3 is 2.29 bits per heavy atom. The minimum absolute atomic E-state index is 0.0361. The van der Waals surface area contributed by atoms with Gasteiger partial charge >= 0.3 is 5.97 Å². The Bertz CT molecular complexity index is 771. The summed E-state index contributed by atoms with van der Waals surface area (Å²) in [5.41, 5.74) is 3.49. The van der Waals surface area contributed by atoms with Gasteiger partial charge in [0.05, 0.1) is 18.6 Å². The zero-order valence-corrected chi connectivity index (χ0v) is 17.0. The quantitative estimate of drug-likeness (QED) is 0.783. The molecule has 2 unspecified atom stereocenters. The highest BCUT2D eigenvalue weighted by Crippen LogP contribution is 2.34. The monoisotopic (exact) mass is 382 g/mol. The smallest absolute Gasteiger partial charge is 0.307 e. The predicted molar refractivity (Wildman–Crippen MR) is 112 cm³/mol. The summed E-state index contributed by atoms with van der Waals surface area (Å²) in [5.74, 6) is -0.145. The summed E-state index contributed by atoms with van der Waals surface area (Å²) in [6, 6.07) is 16.8. The van der Waals surface area contributed by atoms with Crippen LogP contribution < -0.4 is 9.64 Å². The van der Waals surface area contributed by atoms with Gasteiger partial charge in [0.15, 0.2) is 0 Å². The molecule has 5 nitrogen and oxygen atoms in total. The third-order valence-electron chi connectivity index (χ3n) is 5.40. The molecule has 1 saturated heterocycles. The van der Waals surface area contributed by atoms with E-state index in [1.807, 2.05) is 33.2 Å². The first-order chi connectivity index (χ1) is 13.5. The third kappa shape index (κ3) is 4.65. The SMILES string of the molecule is CCOc1ccc(C(c2ccc(N(C)C)cc2)N2CCCC(C(=O)O)C2)cc1. The lowest BCUT2D eigenvalue weighted by Crippen LogP contribution is -2.41. The first kappa shape index (κ1) is 20.2. The summed E-state index contributed by atoms with van der Waals surface area (Å²) >= 11 is 0. The van der Waals surface area contributed by atoms with Gasteiger partial charge in [0.25, 0.3) is 0 Å². The number of likely N-dealkylation sites (tertiary alicyclic amines) is 1. The van der Waals surface area contributed by atoms with Gasteiger partial charge in [-0.25, -0.2) is 0 Å². The summed E-state index contributed by atoms with van der Waals surface area (Å²) in [7, 11) is 4.06. The van der Waals surface area contributed by atoms with E-state index in [1.165, 1.54) is 5.56 Å². The number of carboxylic acids is 1. The highest BCUT2D eigenvalue weighted by molar-refractivity contribution is 5.70. The van der Waals surface area contributed by atoms with E-state index in [1.54, 1.807) is 0 Å². The molecular formula is C23H30N2O3. The number of nitrogens with zero attached hydrogens (tertiary/aromatic N) is 2. The number of benzene rings is 2. The van der Waals surface area contributed by atoms with E-state index in [4.69, 9.17) is 4.74 Å². The van der Waals surface area contributed by atoms with Crippen LogP contribution in [0.15, 0.2) is 48.5 Å². The summed E-state index contributed by atoms with van der Waals surface area (Å²) in [4.78, 5) is 16.0. The van der Waals surface area contributed by atoms with Crippen molar-refractivity contribution in [2.45, 2.75) is 25.8 Å². The molecule has 2 atom stereocenters. The fourth-order valence-corrected chi connectivity index (χ4v) is 3.92. The van der Waals surface area contributed by atoms with Crippen LogP contribution in [-0.2, 0) is 4.79 Å². The Hall–Kier alpha value is -2.53. The zero-order chi connectivity index (χ0) is 20.1. The normalized spacial score (nSPS) is 18.5. The van der Waals surface area contributed by atoms with Crippen molar-refractivity contribution in [2.75, 3.05) is 38.7 Å². The molecule has 0 amide bonds. The minimum atomic E-state index is -0.696. The second-order valence-electron chi connectivity index (χ2n) is 7.56. The molecule has 1 aliphatic rings. The Labute approximate surface area is 167 Å². The van der Waals surface area contributed by atoms with Crippen LogP contribution in [0, 0.1) is 5.92 Å². The second-order valence-corrected chi connectivity index (χ2v) is 7.56. The van der Waals surface area contributed by atoms with E-state index >= 15 is 0 Å². The molecule has 0 saturated carbocycles. The fourth-order valence-electron chi connectivity index (χ4n) is 3.92. The number of hydrogen-bond donors (Lipinski definition) is 1. The van der Waals surface area contributed by atoms with Gasteiger partial charge in [0.1, 0.15) is 5.75 Å². The molecule has 5 heteroatoms. The molecule has 1 aliphatic heterocycles. The van der Waals surface area contributed by atoms with Crippen LogP contribution in [0.25, 0.3) is 0 Å². The lowest BCUT2D eigenvalue weighted by atomic mass is 9.91. The Balaban J connectivity index is 1.94. The molecule has 0 spiro atoms. The van der Waals surface area contributed by atoms with Crippen LogP contribution in [0.3, 0.4) is 0 Å². The van der Waals surface area contributed by atoms with Gasteiger partial charge in [-0.2, -0.15) is 0 Å². The molecule has 1 heterocycles. The van der Waals surface area contributed by atoms with E-state index in [0.717, 1.165) is 36.4 Å². The van der Waals surface area contributed by atoms with Crippen molar-refractivity contribution in [3.05, 3.63) is 59.7 Å². The number of piperidine rings is 1. The van der Waals surface area contributed by atoms with Crippen molar-refractivity contribution in [3.63, 3.8) is 0 Å². The summed E-state index contributed by atoms with van der Waals surface area (Å²) in [5, 5.41) is 9.52. The molecule has 1 fully saturated rings. The predicted octanol–water partition coefficient (Wildman–Crippen LogP) is 4.04. The summed E-state index contributed by atoms with van der Waals surface area (Å²) < 4.78 is 5.59.